The lowest BCUT2D eigenvalue weighted by Gasteiger charge is -2.20. The van der Waals surface area contributed by atoms with Crippen molar-refractivity contribution >= 4 is 11.6 Å². The van der Waals surface area contributed by atoms with E-state index in [9.17, 15) is 4.79 Å². The molecule has 0 aliphatic heterocycles. The van der Waals surface area contributed by atoms with Gasteiger partial charge in [0.15, 0.2) is 0 Å². The molecule has 0 radical (unpaired) electrons. The van der Waals surface area contributed by atoms with E-state index in [0.29, 0.717) is 6.54 Å². The summed E-state index contributed by atoms with van der Waals surface area (Å²) < 4.78 is 0. The van der Waals surface area contributed by atoms with Gasteiger partial charge < -0.3 is 10.4 Å². The molecule has 0 bridgehead atoms. The van der Waals surface area contributed by atoms with Gasteiger partial charge in [0.1, 0.15) is 0 Å². The van der Waals surface area contributed by atoms with Gasteiger partial charge in [-0.3, -0.25) is 14.7 Å². The Balaban J connectivity index is 1.84. The lowest BCUT2D eigenvalue weighted by molar-refractivity contribution is -0.117. The van der Waals surface area contributed by atoms with Gasteiger partial charge in [-0.1, -0.05) is 30.3 Å². The summed E-state index contributed by atoms with van der Waals surface area (Å²) in [6.45, 7) is 1.51. The van der Waals surface area contributed by atoms with E-state index in [-0.39, 0.29) is 19.1 Å². The van der Waals surface area contributed by atoms with Gasteiger partial charge in [0, 0.05) is 31.2 Å². The summed E-state index contributed by atoms with van der Waals surface area (Å²) in [6, 6.07) is 13.6. The number of nitrogens with zero attached hydrogens (tertiary/aromatic N) is 2. The molecule has 1 heterocycles. The summed E-state index contributed by atoms with van der Waals surface area (Å²) in [5, 5.41) is 12.0. The predicted molar refractivity (Wildman–Crippen MR) is 86.5 cm³/mol. The molecule has 22 heavy (non-hydrogen) atoms. The molecule has 1 aromatic heterocycles. The summed E-state index contributed by atoms with van der Waals surface area (Å²) in [7, 11) is 0. The number of aliphatic hydroxyl groups excluding tert-OH is 1. The van der Waals surface area contributed by atoms with Crippen LogP contribution in [0.25, 0.3) is 0 Å². The summed E-state index contributed by atoms with van der Waals surface area (Å²) in [4.78, 5) is 17.9. The largest absolute Gasteiger partial charge is 0.395 e. The Labute approximate surface area is 130 Å². The summed E-state index contributed by atoms with van der Waals surface area (Å²) >= 11 is 0. The lowest BCUT2D eigenvalue weighted by Crippen LogP contribution is -2.36. The topological polar surface area (TPSA) is 65.5 Å². The SMILES string of the molecule is O=C(CN(CCO)CCc1ccccc1)Nc1ccncc1. The Hall–Kier alpha value is -2.24. The number of carbonyl (C=O) groups is 1. The highest BCUT2D eigenvalue weighted by atomic mass is 16.3. The van der Waals surface area contributed by atoms with Crippen LogP contribution in [0.2, 0.25) is 0 Å². The summed E-state index contributed by atoms with van der Waals surface area (Å²) in [5.41, 5.74) is 1.95. The van der Waals surface area contributed by atoms with Crippen molar-refractivity contribution in [3.05, 3.63) is 60.4 Å². The number of hydrogen-bond acceptors (Lipinski definition) is 4. The Morgan fingerprint density at radius 2 is 1.82 bits per heavy atom. The molecule has 116 valence electrons. The fourth-order valence-corrected chi connectivity index (χ4v) is 2.18. The Morgan fingerprint density at radius 3 is 2.50 bits per heavy atom. The number of aromatic nitrogens is 1. The quantitative estimate of drug-likeness (QED) is 0.776. The molecule has 5 nitrogen and oxygen atoms in total. The third kappa shape index (κ3) is 5.63. The standard InChI is InChI=1S/C17H21N3O2/c21-13-12-20(11-8-15-4-2-1-3-5-15)14-17(22)19-16-6-9-18-10-7-16/h1-7,9-10,21H,8,11-14H2,(H,18,19,22). The van der Waals surface area contributed by atoms with Crippen LogP contribution in [0.15, 0.2) is 54.9 Å². The van der Waals surface area contributed by atoms with E-state index in [1.807, 2.05) is 23.1 Å². The number of rotatable bonds is 8. The molecule has 1 aromatic carbocycles. The third-order valence-corrected chi connectivity index (χ3v) is 3.31. The normalized spacial score (nSPS) is 10.6. The van der Waals surface area contributed by atoms with Crippen LogP contribution < -0.4 is 5.32 Å². The molecule has 0 atom stereocenters. The van der Waals surface area contributed by atoms with E-state index in [1.54, 1.807) is 24.5 Å². The molecule has 0 saturated carbocycles. The van der Waals surface area contributed by atoms with Crippen LogP contribution in [0.1, 0.15) is 5.56 Å². The molecule has 2 aromatic rings. The number of hydrogen-bond donors (Lipinski definition) is 2. The average molecular weight is 299 g/mol. The Bertz CT molecular complexity index is 561. The maximum Gasteiger partial charge on any atom is 0.238 e. The van der Waals surface area contributed by atoms with E-state index in [1.165, 1.54) is 5.56 Å². The summed E-state index contributed by atoms with van der Waals surface area (Å²) in [5.74, 6) is -0.0901. The first-order valence-corrected chi connectivity index (χ1v) is 7.35. The van der Waals surface area contributed by atoms with Crippen molar-refractivity contribution < 1.29 is 9.90 Å². The van der Waals surface area contributed by atoms with Gasteiger partial charge in [-0.2, -0.15) is 0 Å². The van der Waals surface area contributed by atoms with E-state index < -0.39 is 0 Å². The number of anilines is 1. The Morgan fingerprint density at radius 1 is 1.09 bits per heavy atom. The number of pyridine rings is 1. The molecule has 0 aliphatic rings. The van der Waals surface area contributed by atoms with Gasteiger partial charge >= 0.3 is 0 Å². The molecule has 2 N–H and O–H groups in total. The molecule has 5 heteroatoms. The van der Waals surface area contributed by atoms with Crippen LogP contribution in [0, 0.1) is 0 Å². The zero-order chi connectivity index (χ0) is 15.6. The van der Waals surface area contributed by atoms with Crippen LogP contribution in [-0.2, 0) is 11.2 Å². The fraction of sp³-hybridized carbons (Fsp3) is 0.294. The van der Waals surface area contributed by atoms with Gasteiger partial charge in [-0.25, -0.2) is 0 Å². The Kier molecular flexibility index (Phi) is 6.54. The van der Waals surface area contributed by atoms with Gasteiger partial charge in [0.25, 0.3) is 0 Å². The zero-order valence-corrected chi connectivity index (χ0v) is 12.5. The number of nitrogens with one attached hydrogen (secondary N) is 1. The molecule has 0 fully saturated rings. The van der Waals surface area contributed by atoms with Crippen molar-refractivity contribution in [3.63, 3.8) is 0 Å². The minimum Gasteiger partial charge on any atom is -0.395 e. The second-order valence-electron chi connectivity index (χ2n) is 5.02. The van der Waals surface area contributed by atoms with Gasteiger partial charge in [0.05, 0.1) is 13.2 Å². The minimum absolute atomic E-state index is 0.0390. The third-order valence-electron chi connectivity index (χ3n) is 3.31. The fourth-order valence-electron chi connectivity index (χ4n) is 2.18. The van der Waals surface area contributed by atoms with E-state index in [4.69, 9.17) is 5.11 Å². The maximum atomic E-state index is 12.1. The van der Waals surface area contributed by atoms with Crippen LogP contribution >= 0.6 is 0 Å². The first kappa shape index (κ1) is 16.1. The first-order valence-electron chi connectivity index (χ1n) is 7.35. The monoisotopic (exact) mass is 299 g/mol. The van der Waals surface area contributed by atoms with Crippen LogP contribution in [-0.4, -0.2) is 47.1 Å². The van der Waals surface area contributed by atoms with Gasteiger partial charge in [0.2, 0.25) is 5.91 Å². The van der Waals surface area contributed by atoms with E-state index in [0.717, 1.165) is 18.7 Å². The second-order valence-corrected chi connectivity index (χ2v) is 5.02. The molecule has 0 saturated heterocycles. The summed E-state index contributed by atoms with van der Waals surface area (Å²) in [6.07, 6.45) is 4.12. The number of benzene rings is 1. The van der Waals surface area contributed by atoms with Crippen molar-refractivity contribution in [3.8, 4) is 0 Å². The van der Waals surface area contributed by atoms with Gasteiger partial charge in [-0.05, 0) is 24.1 Å². The lowest BCUT2D eigenvalue weighted by atomic mass is 10.1. The van der Waals surface area contributed by atoms with E-state index >= 15 is 0 Å². The highest BCUT2D eigenvalue weighted by Gasteiger charge is 2.10. The molecule has 1 amide bonds. The smallest absolute Gasteiger partial charge is 0.238 e. The highest BCUT2D eigenvalue weighted by Crippen LogP contribution is 2.04. The number of aliphatic hydroxyl groups is 1. The van der Waals surface area contributed by atoms with Gasteiger partial charge in [-0.15, -0.1) is 0 Å². The van der Waals surface area contributed by atoms with Crippen molar-refractivity contribution in [1.82, 2.24) is 9.88 Å². The zero-order valence-electron chi connectivity index (χ0n) is 12.5. The molecule has 0 aliphatic carbocycles. The van der Waals surface area contributed by atoms with Crippen molar-refractivity contribution in [2.75, 3.05) is 31.6 Å². The number of carbonyl (C=O) groups excluding carboxylic acids is 1. The predicted octanol–water partition coefficient (Wildman–Crippen LogP) is 1.56. The van der Waals surface area contributed by atoms with Crippen molar-refractivity contribution in [1.29, 1.82) is 0 Å². The van der Waals surface area contributed by atoms with Crippen LogP contribution in [0.4, 0.5) is 5.69 Å². The molecule has 2 rings (SSSR count). The highest BCUT2D eigenvalue weighted by molar-refractivity contribution is 5.92. The van der Waals surface area contributed by atoms with Crippen molar-refractivity contribution in [2.24, 2.45) is 0 Å². The number of amides is 1. The molecular formula is C17H21N3O2. The molecular weight excluding hydrogens is 278 g/mol. The first-order chi connectivity index (χ1) is 10.8. The minimum atomic E-state index is -0.0901. The molecule has 0 spiro atoms. The maximum absolute atomic E-state index is 12.1. The van der Waals surface area contributed by atoms with Crippen molar-refractivity contribution in [2.45, 2.75) is 6.42 Å². The van der Waals surface area contributed by atoms with E-state index in [2.05, 4.69) is 22.4 Å². The average Bonchev–Trinajstić information content (AvgIpc) is 2.55. The van der Waals surface area contributed by atoms with Crippen LogP contribution in [0.3, 0.4) is 0 Å². The van der Waals surface area contributed by atoms with Crippen LogP contribution in [0.5, 0.6) is 0 Å². The molecule has 0 unspecified atom stereocenters. The second kappa shape index (κ2) is 8.92.